The van der Waals surface area contributed by atoms with Crippen molar-refractivity contribution < 1.29 is 13.9 Å². The highest BCUT2D eigenvalue weighted by Gasteiger charge is 2.04. The molecule has 21 heavy (non-hydrogen) atoms. The molecule has 0 heterocycles. The van der Waals surface area contributed by atoms with E-state index in [9.17, 15) is 9.18 Å². The molecular weight excluding hydrogens is 271 g/mol. The molecule has 0 bridgehead atoms. The van der Waals surface area contributed by atoms with Gasteiger partial charge in [-0.25, -0.2) is 9.82 Å². The van der Waals surface area contributed by atoms with Gasteiger partial charge in [0.2, 0.25) is 0 Å². The molecule has 0 unspecified atom stereocenters. The molecule has 0 aromatic heterocycles. The summed E-state index contributed by atoms with van der Waals surface area (Å²) in [5.74, 6) is -0.926. The molecule has 1 amide bonds. The number of carbonyl (C=O) groups excluding carboxylic acids is 1. The number of aryl methyl sites for hydroxylation is 1. The van der Waals surface area contributed by atoms with Crippen molar-refractivity contribution >= 4 is 12.1 Å². The minimum Gasteiger partial charge on any atom is -0.481 e. The molecule has 0 saturated heterocycles. The van der Waals surface area contributed by atoms with Crippen LogP contribution in [0.15, 0.2) is 53.6 Å². The van der Waals surface area contributed by atoms with Crippen LogP contribution in [0.4, 0.5) is 4.39 Å². The zero-order valence-electron chi connectivity index (χ0n) is 11.5. The predicted octanol–water partition coefficient (Wildman–Crippen LogP) is 2.66. The minimum atomic E-state index is -0.506. The number of benzene rings is 2. The van der Waals surface area contributed by atoms with Crippen molar-refractivity contribution in [1.29, 1.82) is 0 Å². The van der Waals surface area contributed by atoms with Gasteiger partial charge in [-0.2, -0.15) is 5.10 Å². The average Bonchev–Trinajstić information content (AvgIpc) is 2.48. The number of nitrogens with zero attached hydrogens (tertiary/aromatic N) is 1. The third-order valence-corrected chi connectivity index (χ3v) is 2.68. The Labute approximate surface area is 122 Å². The number of rotatable bonds is 5. The summed E-state index contributed by atoms with van der Waals surface area (Å²) in [5.41, 5.74) is 4.34. The molecule has 0 spiro atoms. The van der Waals surface area contributed by atoms with E-state index in [0.717, 1.165) is 11.1 Å². The van der Waals surface area contributed by atoms with Gasteiger partial charge in [0.05, 0.1) is 6.21 Å². The van der Waals surface area contributed by atoms with E-state index < -0.39 is 11.7 Å². The number of ether oxygens (including phenoxy) is 1. The van der Waals surface area contributed by atoms with Crippen molar-refractivity contribution in [3.63, 3.8) is 0 Å². The van der Waals surface area contributed by atoms with Crippen LogP contribution in [0.2, 0.25) is 0 Å². The van der Waals surface area contributed by atoms with Gasteiger partial charge in [0.1, 0.15) is 0 Å². The van der Waals surface area contributed by atoms with Crippen molar-refractivity contribution in [3.8, 4) is 5.75 Å². The summed E-state index contributed by atoms with van der Waals surface area (Å²) in [5, 5.41) is 3.81. The first-order valence-electron chi connectivity index (χ1n) is 6.41. The van der Waals surface area contributed by atoms with Crippen LogP contribution in [0, 0.1) is 12.7 Å². The second-order valence-corrected chi connectivity index (χ2v) is 4.42. The predicted molar refractivity (Wildman–Crippen MR) is 78.8 cm³/mol. The number of para-hydroxylation sites is 1. The fraction of sp³-hybridized carbons (Fsp3) is 0.125. The molecule has 0 fully saturated rings. The molecule has 2 aromatic rings. The van der Waals surface area contributed by atoms with Gasteiger partial charge in [0, 0.05) is 0 Å². The largest absolute Gasteiger partial charge is 0.481 e. The van der Waals surface area contributed by atoms with Crippen molar-refractivity contribution in [2.24, 2.45) is 5.10 Å². The highest BCUT2D eigenvalue weighted by atomic mass is 19.1. The number of amides is 1. The molecule has 0 radical (unpaired) electrons. The lowest BCUT2D eigenvalue weighted by Crippen LogP contribution is -2.24. The summed E-state index contributed by atoms with van der Waals surface area (Å²) >= 11 is 0. The summed E-state index contributed by atoms with van der Waals surface area (Å²) in [4.78, 5) is 11.5. The molecule has 0 aliphatic carbocycles. The van der Waals surface area contributed by atoms with E-state index >= 15 is 0 Å². The van der Waals surface area contributed by atoms with Gasteiger partial charge < -0.3 is 4.74 Å². The van der Waals surface area contributed by atoms with E-state index in [1.54, 1.807) is 12.1 Å². The van der Waals surface area contributed by atoms with Gasteiger partial charge >= 0.3 is 0 Å². The Balaban J connectivity index is 1.80. The van der Waals surface area contributed by atoms with Crippen molar-refractivity contribution in [1.82, 2.24) is 5.43 Å². The SMILES string of the molecule is Cc1ccc(/C=N\NC(=O)COc2ccccc2F)cc1. The Morgan fingerprint density at radius 1 is 1.24 bits per heavy atom. The first kappa shape index (κ1) is 14.7. The van der Waals surface area contributed by atoms with E-state index in [2.05, 4.69) is 10.5 Å². The highest BCUT2D eigenvalue weighted by molar-refractivity contribution is 5.82. The van der Waals surface area contributed by atoms with Crippen LogP contribution in [0.1, 0.15) is 11.1 Å². The van der Waals surface area contributed by atoms with Gasteiger partial charge in [0.15, 0.2) is 18.2 Å². The van der Waals surface area contributed by atoms with E-state index in [1.807, 2.05) is 31.2 Å². The lowest BCUT2D eigenvalue weighted by atomic mass is 10.2. The van der Waals surface area contributed by atoms with Crippen LogP contribution in [0.25, 0.3) is 0 Å². The standard InChI is InChI=1S/C16H15FN2O2/c1-12-6-8-13(9-7-12)10-18-19-16(20)11-21-15-5-3-2-4-14(15)17/h2-10H,11H2,1H3,(H,19,20)/b18-10-. The molecule has 4 nitrogen and oxygen atoms in total. The normalized spacial score (nSPS) is 10.6. The quantitative estimate of drug-likeness (QED) is 0.678. The molecule has 2 rings (SSSR count). The Morgan fingerprint density at radius 2 is 1.95 bits per heavy atom. The smallest absolute Gasteiger partial charge is 0.277 e. The van der Waals surface area contributed by atoms with E-state index in [4.69, 9.17) is 4.74 Å². The lowest BCUT2D eigenvalue weighted by molar-refractivity contribution is -0.123. The van der Waals surface area contributed by atoms with E-state index in [1.165, 1.54) is 18.3 Å². The van der Waals surface area contributed by atoms with Gasteiger partial charge in [0.25, 0.3) is 5.91 Å². The summed E-state index contributed by atoms with van der Waals surface area (Å²) in [7, 11) is 0. The molecule has 2 aromatic carbocycles. The third kappa shape index (κ3) is 4.72. The number of carbonyl (C=O) groups is 1. The summed E-state index contributed by atoms with van der Waals surface area (Å²) in [6.07, 6.45) is 1.53. The number of hydrazone groups is 1. The van der Waals surface area contributed by atoms with Crippen LogP contribution in [0.3, 0.4) is 0 Å². The zero-order chi connectivity index (χ0) is 15.1. The summed E-state index contributed by atoms with van der Waals surface area (Å²) < 4.78 is 18.3. The Bertz CT molecular complexity index is 639. The topological polar surface area (TPSA) is 50.7 Å². The summed E-state index contributed by atoms with van der Waals surface area (Å²) in [6, 6.07) is 13.6. The van der Waals surface area contributed by atoms with Crippen LogP contribution >= 0.6 is 0 Å². The number of hydrogen-bond donors (Lipinski definition) is 1. The minimum absolute atomic E-state index is 0.0372. The van der Waals surface area contributed by atoms with E-state index in [-0.39, 0.29) is 12.4 Å². The second-order valence-electron chi connectivity index (χ2n) is 4.42. The molecule has 0 atom stereocenters. The maximum atomic E-state index is 13.3. The van der Waals surface area contributed by atoms with Crippen LogP contribution in [-0.4, -0.2) is 18.7 Å². The number of hydrogen-bond acceptors (Lipinski definition) is 3. The number of halogens is 1. The average molecular weight is 286 g/mol. The van der Waals surface area contributed by atoms with Gasteiger partial charge in [-0.3, -0.25) is 4.79 Å². The first-order chi connectivity index (χ1) is 10.1. The van der Waals surface area contributed by atoms with Gasteiger partial charge in [-0.05, 0) is 24.6 Å². The van der Waals surface area contributed by atoms with E-state index in [0.29, 0.717) is 0 Å². The molecule has 0 aliphatic rings. The Morgan fingerprint density at radius 3 is 2.67 bits per heavy atom. The maximum absolute atomic E-state index is 13.3. The van der Waals surface area contributed by atoms with Crippen LogP contribution < -0.4 is 10.2 Å². The van der Waals surface area contributed by atoms with Crippen molar-refractivity contribution in [2.45, 2.75) is 6.92 Å². The lowest BCUT2D eigenvalue weighted by Gasteiger charge is -2.05. The monoisotopic (exact) mass is 286 g/mol. The Hall–Kier alpha value is -2.69. The van der Waals surface area contributed by atoms with Gasteiger partial charge in [-0.15, -0.1) is 0 Å². The maximum Gasteiger partial charge on any atom is 0.277 e. The second kappa shape index (κ2) is 7.19. The first-order valence-corrected chi connectivity index (χ1v) is 6.41. The van der Waals surface area contributed by atoms with Crippen molar-refractivity contribution in [2.75, 3.05) is 6.61 Å². The third-order valence-electron chi connectivity index (χ3n) is 2.68. The molecule has 0 saturated carbocycles. The number of nitrogens with one attached hydrogen (secondary N) is 1. The highest BCUT2D eigenvalue weighted by Crippen LogP contribution is 2.14. The van der Waals surface area contributed by atoms with Crippen LogP contribution in [0.5, 0.6) is 5.75 Å². The summed E-state index contributed by atoms with van der Waals surface area (Å²) in [6.45, 7) is 1.69. The molecular formula is C16H15FN2O2. The van der Waals surface area contributed by atoms with Crippen LogP contribution in [-0.2, 0) is 4.79 Å². The fourth-order valence-corrected chi connectivity index (χ4v) is 1.57. The molecule has 1 N–H and O–H groups in total. The molecule has 5 heteroatoms. The Kier molecular flexibility index (Phi) is 5.04. The van der Waals surface area contributed by atoms with Gasteiger partial charge in [-0.1, -0.05) is 42.0 Å². The zero-order valence-corrected chi connectivity index (χ0v) is 11.5. The molecule has 108 valence electrons. The fourth-order valence-electron chi connectivity index (χ4n) is 1.57. The molecule has 0 aliphatic heterocycles. The van der Waals surface area contributed by atoms with Crippen molar-refractivity contribution in [3.05, 3.63) is 65.5 Å².